The second-order valence-electron chi connectivity index (χ2n) is 5.48. The van der Waals surface area contributed by atoms with E-state index in [2.05, 4.69) is 21.0 Å². The van der Waals surface area contributed by atoms with Gasteiger partial charge in [-0.3, -0.25) is 15.0 Å². The number of fused-ring (bicyclic) bond motifs is 1. The average molecular weight is 383 g/mol. The van der Waals surface area contributed by atoms with Crippen molar-refractivity contribution in [3.63, 3.8) is 0 Å². The Balaban J connectivity index is 1.48. The molecule has 0 fully saturated rings. The smallest absolute Gasteiger partial charge is 0.340 e. The lowest BCUT2D eigenvalue weighted by molar-refractivity contribution is 0.0934. The van der Waals surface area contributed by atoms with E-state index >= 15 is 0 Å². The molecule has 0 saturated carbocycles. The Bertz CT molecular complexity index is 1180. The van der Waals surface area contributed by atoms with Crippen LogP contribution >= 0.6 is 11.6 Å². The second-order valence-corrected chi connectivity index (χ2v) is 5.92. The molecule has 2 aromatic carbocycles. The Morgan fingerprint density at radius 3 is 2.67 bits per heavy atom. The number of nitrogens with one attached hydrogen (secondary N) is 2. The Kier molecular flexibility index (Phi) is 4.31. The van der Waals surface area contributed by atoms with E-state index in [1.165, 1.54) is 0 Å². The standard InChI is InChI=1S/C18H11ClN4O4/c19-11-7-5-10(6-8-11)16-20-18(27-23-16)22-21-17(25)15-9-13(24)12-3-1-2-4-14(12)26-15/h1-9H,(H,21,25)(H,20,22,23). The van der Waals surface area contributed by atoms with Crippen molar-refractivity contribution in [3.8, 4) is 11.4 Å². The first-order chi connectivity index (χ1) is 13.1. The zero-order chi connectivity index (χ0) is 18.8. The monoisotopic (exact) mass is 382 g/mol. The van der Waals surface area contributed by atoms with Gasteiger partial charge < -0.3 is 8.94 Å². The van der Waals surface area contributed by atoms with Gasteiger partial charge >= 0.3 is 11.9 Å². The first-order valence-electron chi connectivity index (χ1n) is 7.79. The minimum absolute atomic E-state index is 0.0311. The largest absolute Gasteiger partial charge is 0.451 e. The first-order valence-corrected chi connectivity index (χ1v) is 8.17. The van der Waals surface area contributed by atoms with Crippen LogP contribution in [0.1, 0.15) is 10.6 Å². The molecular formula is C18H11ClN4O4. The molecule has 0 aliphatic rings. The fourth-order valence-electron chi connectivity index (χ4n) is 2.38. The van der Waals surface area contributed by atoms with Gasteiger partial charge in [0, 0.05) is 16.7 Å². The van der Waals surface area contributed by atoms with E-state index in [0.29, 0.717) is 27.4 Å². The first kappa shape index (κ1) is 16.8. The van der Waals surface area contributed by atoms with Crippen molar-refractivity contribution in [2.45, 2.75) is 0 Å². The predicted molar refractivity (Wildman–Crippen MR) is 98.3 cm³/mol. The molecule has 0 unspecified atom stereocenters. The van der Waals surface area contributed by atoms with Crippen molar-refractivity contribution >= 4 is 34.5 Å². The summed E-state index contributed by atoms with van der Waals surface area (Å²) in [5, 5.41) is 4.79. The summed E-state index contributed by atoms with van der Waals surface area (Å²) in [6.07, 6.45) is 0. The number of hydrogen-bond acceptors (Lipinski definition) is 7. The lowest BCUT2D eigenvalue weighted by Gasteiger charge is -2.04. The van der Waals surface area contributed by atoms with Gasteiger partial charge in [-0.05, 0) is 36.4 Å². The molecule has 27 heavy (non-hydrogen) atoms. The summed E-state index contributed by atoms with van der Waals surface area (Å²) in [7, 11) is 0. The average Bonchev–Trinajstić information content (AvgIpc) is 3.15. The molecule has 0 bridgehead atoms. The van der Waals surface area contributed by atoms with Crippen LogP contribution in [-0.4, -0.2) is 16.0 Å². The molecule has 1 amide bonds. The molecule has 4 aromatic rings. The number of rotatable bonds is 4. The van der Waals surface area contributed by atoms with Crippen LogP contribution in [0.2, 0.25) is 5.02 Å². The molecule has 0 atom stereocenters. The quantitative estimate of drug-likeness (QED) is 0.521. The highest BCUT2D eigenvalue weighted by Crippen LogP contribution is 2.19. The zero-order valence-corrected chi connectivity index (χ0v) is 14.4. The van der Waals surface area contributed by atoms with Gasteiger partial charge in [0.05, 0.1) is 5.39 Å². The predicted octanol–water partition coefficient (Wildman–Crippen LogP) is 3.25. The van der Waals surface area contributed by atoms with Crippen LogP contribution in [0.25, 0.3) is 22.4 Å². The number of aromatic nitrogens is 2. The Labute approximate surface area is 156 Å². The summed E-state index contributed by atoms with van der Waals surface area (Å²) in [6, 6.07) is 14.6. The maximum atomic E-state index is 12.2. The van der Waals surface area contributed by atoms with Crippen molar-refractivity contribution in [1.82, 2.24) is 15.6 Å². The minimum atomic E-state index is -0.663. The normalized spacial score (nSPS) is 10.7. The van der Waals surface area contributed by atoms with Gasteiger partial charge in [0.2, 0.25) is 5.82 Å². The van der Waals surface area contributed by atoms with Crippen molar-refractivity contribution in [1.29, 1.82) is 0 Å². The van der Waals surface area contributed by atoms with Gasteiger partial charge in [-0.2, -0.15) is 4.98 Å². The molecular weight excluding hydrogens is 372 g/mol. The van der Waals surface area contributed by atoms with Crippen LogP contribution in [0.15, 0.2) is 68.3 Å². The molecule has 4 rings (SSSR count). The van der Waals surface area contributed by atoms with Gasteiger partial charge in [0.25, 0.3) is 0 Å². The maximum Gasteiger partial charge on any atom is 0.340 e. The maximum absolute atomic E-state index is 12.2. The van der Waals surface area contributed by atoms with E-state index in [-0.39, 0.29) is 17.2 Å². The summed E-state index contributed by atoms with van der Waals surface area (Å²) in [6.45, 7) is 0. The van der Waals surface area contributed by atoms with E-state index in [9.17, 15) is 9.59 Å². The lowest BCUT2D eigenvalue weighted by atomic mass is 10.2. The molecule has 2 heterocycles. The number of anilines is 1. The molecule has 0 aliphatic carbocycles. The summed E-state index contributed by atoms with van der Waals surface area (Å²) in [5.41, 5.74) is 5.53. The number of hydrogen-bond donors (Lipinski definition) is 2. The van der Waals surface area contributed by atoms with E-state index in [1.807, 2.05) is 0 Å². The highest BCUT2D eigenvalue weighted by molar-refractivity contribution is 6.30. The molecule has 134 valence electrons. The third kappa shape index (κ3) is 3.51. The number of hydrazine groups is 1. The van der Waals surface area contributed by atoms with E-state index < -0.39 is 5.91 Å². The van der Waals surface area contributed by atoms with E-state index in [1.54, 1.807) is 48.5 Å². The van der Waals surface area contributed by atoms with Gasteiger partial charge in [0.1, 0.15) is 5.58 Å². The zero-order valence-electron chi connectivity index (χ0n) is 13.6. The fourth-order valence-corrected chi connectivity index (χ4v) is 2.50. The van der Waals surface area contributed by atoms with E-state index in [0.717, 1.165) is 6.07 Å². The number of amides is 1. The fraction of sp³-hybridized carbons (Fsp3) is 0. The number of para-hydroxylation sites is 1. The number of carbonyl (C=O) groups is 1. The number of halogens is 1. The Hall–Kier alpha value is -3.65. The van der Waals surface area contributed by atoms with Crippen LogP contribution in [0.4, 0.5) is 6.01 Å². The third-order valence-corrected chi connectivity index (χ3v) is 3.92. The Morgan fingerprint density at radius 2 is 1.85 bits per heavy atom. The van der Waals surface area contributed by atoms with Crippen LogP contribution < -0.4 is 16.3 Å². The number of nitrogens with zero attached hydrogens (tertiary/aromatic N) is 2. The van der Waals surface area contributed by atoms with E-state index in [4.69, 9.17) is 20.5 Å². The highest BCUT2D eigenvalue weighted by Gasteiger charge is 2.14. The number of benzene rings is 2. The highest BCUT2D eigenvalue weighted by atomic mass is 35.5. The van der Waals surface area contributed by atoms with Crippen molar-refractivity contribution in [2.75, 3.05) is 5.43 Å². The van der Waals surface area contributed by atoms with Gasteiger partial charge in [-0.15, -0.1) is 0 Å². The van der Waals surface area contributed by atoms with Crippen LogP contribution in [-0.2, 0) is 0 Å². The summed E-state index contributed by atoms with van der Waals surface area (Å²) >= 11 is 5.84. The van der Waals surface area contributed by atoms with Crippen molar-refractivity contribution in [3.05, 3.63) is 75.6 Å². The molecule has 2 N–H and O–H groups in total. The second kappa shape index (κ2) is 6.93. The molecule has 0 radical (unpaired) electrons. The van der Waals surface area contributed by atoms with Gasteiger partial charge in [-0.25, -0.2) is 5.43 Å². The summed E-state index contributed by atoms with van der Waals surface area (Å²) in [5.74, 6) is -0.492. The SMILES string of the molecule is O=C(NNc1nc(-c2ccc(Cl)cc2)no1)c1cc(=O)c2ccccc2o1. The summed E-state index contributed by atoms with van der Waals surface area (Å²) < 4.78 is 10.5. The van der Waals surface area contributed by atoms with Crippen LogP contribution in [0.3, 0.4) is 0 Å². The van der Waals surface area contributed by atoms with Gasteiger partial charge in [0.15, 0.2) is 11.2 Å². The molecule has 0 aliphatic heterocycles. The van der Waals surface area contributed by atoms with Crippen molar-refractivity contribution < 1.29 is 13.7 Å². The van der Waals surface area contributed by atoms with Crippen molar-refractivity contribution in [2.24, 2.45) is 0 Å². The molecule has 0 spiro atoms. The molecule has 2 aromatic heterocycles. The summed E-state index contributed by atoms with van der Waals surface area (Å²) in [4.78, 5) is 28.4. The number of carbonyl (C=O) groups excluding carboxylic acids is 1. The lowest BCUT2D eigenvalue weighted by Crippen LogP contribution is -2.30. The molecule has 0 saturated heterocycles. The topological polar surface area (TPSA) is 110 Å². The van der Waals surface area contributed by atoms with Gasteiger partial charge in [-0.1, -0.05) is 28.9 Å². The van der Waals surface area contributed by atoms with Crippen LogP contribution in [0, 0.1) is 0 Å². The molecule has 8 nitrogen and oxygen atoms in total. The minimum Gasteiger partial charge on any atom is -0.451 e. The van der Waals surface area contributed by atoms with Crippen LogP contribution in [0.5, 0.6) is 0 Å². The Morgan fingerprint density at radius 1 is 1.07 bits per heavy atom. The third-order valence-electron chi connectivity index (χ3n) is 3.67. The molecule has 9 heteroatoms.